The van der Waals surface area contributed by atoms with Crippen molar-refractivity contribution in [3.05, 3.63) is 65.5 Å². The zero-order valence-electron chi connectivity index (χ0n) is 16.5. The summed E-state index contributed by atoms with van der Waals surface area (Å²) < 4.78 is 33.8. The Balaban J connectivity index is 1.24. The first-order valence-electron chi connectivity index (χ1n) is 10.3. The molecule has 0 aromatic heterocycles. The monoisotopic (exact) mass is 397 g/mol. The Morgan fingerprint density at radius 2 is 1.93 bits per heavy atom. The molecular weight excluding hydrogens is 372 g/mol. The molecule has 3 nitrogen and oxygen atoms in total. The molecule has 2 unspecified atom stereocenters. The van der Waals surface area contributed by atoms with Crippen molar-refractivity contribution in [2.45, 2.75) is 44.8 Å². The quantitative estimate of drug-likeness (QED) is 0.711. The summed E-state index contributed by atoms with van der Waals surface area (Å²) in [6.45, 7) is 2.75. The fourth-order valence-electron chi connectivity index (χ4n) is 5.66. The topological polar surface area (TPSA) is 29.5 Å². The molecule has 3 saturated carbocycles. The lowest BCUT2D eigenvalue weighted by molar-refractivity contribution is -0.226. The number of carbonyl (C=O) groups excluding carboxylic acids is 1. The maximum atomic E-state index is 14.2. The normalized spacial score (nSPS) is 32.4. The highest BCUT2D eigenvalue weighted by Gasteiger charge is 2.72. The average Bonchev–Trinajstić information content (AvgIpc) is 3.01. The predicted molar refractivity (Wildman–Crippen MR) is 106 cm³/mol. The molecule has 2 aromatic rings. The van der Waals surface area contributed by atoms with Gasteiger partial charge in [-0.25, -0.2) is 8.78 Å². The molecule has 1 aliphatic heterocycles. The molecule has 0 N–H and O–H groups in total. The van der Waals surface area contributed by atoms with Gasteiger partial charge in [0.2, 0.25) is 5.91 Å². The van der Waals surface area contributed by atoms with E-state index in [2.05, 4.69) is 0 Å². The second kappa shape index (κ2) is 6.54. The SMILES string of the molecule is Cc1cccc(OCC23CC(C(=O)N4CC(F)CC4c4cccc(F)c4)(C2)C3)c1. The van der Waals surface area contributed by atoms with Crippen LogP contribution in [-0.4, -0.2) is 30.1 Å². The molecule has 2 aromatic carbocycles. The van der Waals surface area contributed by atoms with Crippen molar-refractivity contribution in [2.75, 3.05) is 13.2 Å². The molecule has 1 saturated heterocycles. The Kier molecular flexibility index (Phi) is 4.19. The van der Waals surface area contributed by atoms with Gasteiger partial charge in [0.15, 0.2) is 0 Å². The molecule has 152 valence electrons. The van der Waals surface area contributed by atoms with E-state index in [4.69, 9.17) is 4.74 Å². The van der Waals surface area contributed by atoms with Gasteiger partial charge in [0.05, 0.1) is 24.6 Å². The van der Waals surface area contributed by atoms with E-state index in [9.17, 15) is 13.6 Å². The van der Waals surface area contributed by atoms with Crippen molar-refractivity contribution in [1.29, 1.82) is 0 Å². The van der Waals surface area contributed by atoms with Gasteiger partial charge in [-0.15, -0.1) is 0 Å². The van der Waals surface area contributed by atoms with Crippen LogP contribution in [0.1, 0.15) is 42.9 Å². The minimum atomic E-state index is -1.06. The zero-order valence-corrected chi connectivity index (χ0v) is 16.5. The van der Waals surface area contributed by atoms with Crippen LogP contribution in [0.15, 0.2) is 48.5 Å². The lowest BCUT2D eigenvalue weighted by Gasteiger charge is -2.69. The van der Waals surface area contributed by atoms with Crippen molar-refractivity contribution in [2.24, 2.45) is 10.8 Å². The predicted octanol–water partition coefficient (Wildman–Crippen LogP) is 4.99. The van der Waals surface area contributed by atoms with Crippen LogP contribution < -0.4 is 4.74 Å². The van der Waals surface area contributed by atoms with E-state index in [1.54, 1.807) is 17.0 Å². The van der Waals surface area contributed by atoms with E-state index < -0.39 is 6.17 Å². The molecule has 0 spiro atoms. The molecule has 6 rings (SSSR count). The molecule has 2 atom stereocenters. The second-order valence-electron chi connectivity index (χ2n) is 9.28. The third kappa shape index (κ3) is 3.11. The lowest BCUT2D eigenvalue weighted by Crippen LogP contribution is -2.69. The highest BCUT2D eigenvalue weighted by molar-refractivity contribution is 5.87. The third-order valence-corrected chi connectivity index (χ3v) is 6.87. The number of hydrogen-bond donors (Lipinski definition) is 0. The fourth-order valence-corrected chi connectivity index (χ4v) is 5.66. The summed E-state index contributed by atoms with van der Waals surface area (Å²) >= 11 is 0. The zero-order chi connectivity index (χ0) is 20.2. The highest BCUT2D eigenvalue weighted by Crippen LogP contribution is 2.74. The van der Waals surface area contributed by atoms with Crippen LogP contribution in [0.4, 0.5) is 8.78 Å². The fraction of sp³-hybridized carbons (Fsp3) is 0.458. The summed E-state index contributed by atoms with van der Waals surface area (Å²) in [4.78, 5) is 14.9. The first-order valence-corrected chi connectivity index (χ1v) is 10.3. The minimum absolute atomic E-state index is 0.0318. The maximum absolute atomic E-state index is 14.2. The van der Waals surface area contributed by atoms with E-state index >= 15 is 0 Å². The van der Waals surface area contributed by atoms with Crippen LogP contribution >= 0.6 is 0 Å². The Morgan fingerprint density at radius 1 is 1.17 bits per heavy atom. The molecule has 0 radical (unpaired) electrons. The number of ether oxygens (including phenoxy) is 1. The van der Waals surface area contributed by atoms with Gasteiger partial charge in [0, 0.05) is 11.8 Å². The minimum Gasteiger partial charge on any atom is -0.493 e. The summed E-state index contributed by atoms with van der Waals surface area (Å²) in [5.74, 6) is 0.542. The van der Waals surface area contributed by atoms with Gasteiger partial charge in [-0.05, 0) is 61.6 Å². The van der Waals surface area contributed by atoms with E-state index in [0.29, 0.717) is 12.2 Å². The van der Waals surface area contributed by atoms with Crippen molar-refractivity contribution in [3.8, 4) is 5.75 Å². The van der Waals surface area contributed by atoms with Crippen LogP contribution in [0, 0.1) is 23.6 Å². The molecule has 3 aliphatic carbocycles. The highest BCUT2D eigenvalue weighted by atomic mass is 19.1. The molecular formula is C24H25F2NO2. The summed E-state index contributed by atoms with van der Waals surface area (Å²) in [5.41, 5.74) is 1.54. The van der Waals surface area contributed by atoms with E-state index in [-0.39, 0.29) is 41.6 Å². The van der Waals surface area contributed by atoms with E-state index in [0.717, 1.165) is 30.6 Å². The van der Waals surface area contributed by atoms with Gasteiger partial charge < -0.3 is 9.64 Å². The van der Waals surface area contributed by atoms with Crippen molar-refractivity contribution in [3.63, 3.8) is 0 Å². The lowest BCUT2D eigenvalue weighted by atomic mass is 9.35. The molecule has 1 heterocycles. The van der Waals surface area contributed by atoms with Gasteiger partial charge in [-0.1, -0.05) is 24.3 Å². The second-order valence-corrected chi connectivity index (χ2v) is 9.28. The maximum Gasteiger partial charge on any atom is 0.229 e. The van der Waals surface area contributed by atoms with Crippen LogP contribution in [0.5, 0.6) is 5.75 Å². The van der Waals surface area contributed by atoms with Crippen molar-refractivity contribution < 1.29 is 18.3 Å². The average molecular weight is 397 g/mol. The largest absolute Gasteiger partial charge is 0.493 e. The summed E-state index contributed by atoms with van der Waals surface area (Å²) in [7, 11) is 0. The number of likely N-dealkylation sites (tertiary alicyclic amines) is 1. The number of carbonyl (C=O) groups is 1. The standard InChI is InChI=1S/C24H25F2NO2/c1-16-4-2-7-20(8-16)29-15-23-12-24(13-23,14-23)22(28)27-11-19(26)10-21(27)17-5-3-6-18(25)9-17/h2-9,19,21H,10-15H2,1H3. The summed E-state index contributed by atoms with van der Waals surface area (Å²) in [6, 6.07) is 13.8. The number of nitrogens with zero attached hydrogens (tertiary/aromatic N) is 1. The Morgan fingerprint density at radius 3 is 2.66 bits per heavy atom. The Hall–Kier alpha value is -2.43. The van der Waals surface area contributed by atoms with E-state index in [1.807, 2.05) is 31.2 Å². The Bertz CT molecular complexity index is 940. The van der Waals surface area contributed by atoms with Crippen LogP contribution in [-0.2, 0) is 4.79 Å². The number of amides is 1. The van der Waals surface area contributed by atoms with E-state index in [1.165, 1.54) is 12.1 Å². The number of benzene rings is 2. The van der Waals surface area contributed by atoms with Gasteiger partial charge in [0.25, 0.3) is 0 Å². The first kappa shape index (κ1) is 18.6. The summed E-state index contributed by atoms with van der Waals surface area (Å²) in [5, 5.41) is 0. The van der Waals surface area contributed by atoms with Crippen molar-refractivity contribution in [1.82, 2.24) is 4.90 Å². The van der Waals surface area contributed by atoms with Gasteiger partial charge in [-0.2, -0.15) is 0 Å². The number of hydrogen-bond acceptors (Lipinski definition) is 2. The molecule has 1 amide bonds. The van der Waals surface area contributed by atoms with Crippen LogP contribution in [0.25, 0.3) is 0 Å². The number of halogens is 2. The van der Waals surface area contributed by atoms with Crippen LogP contribution in [0.2, 0.25) is 0 Å². The number of aryl methyl sites for hydroxylation is 1. The van der Waals surface area contributed by atoms with Gasteiger partial charge in [-0.3, -0.25) is 4.79 Å². The van der Waals surface area contributed by atoms with Gasteiger partial charge in [0.1, 0.15) is 17.7 Å². The van der Waals surface area contributed by atoms with Gasteiger partial charge >= 0.3 is 0 Å². The Labute approximate surface area is 169 Å². The number of alkyl halides is 1. The number of rotatable bonds is 5. The molecule has 5 heteroatoms. The molecule has 4 aliphatic rings. The molecule has 29 heavy (non-hydrogen) atoms. The van der Waals surface area contributed by atoms with Crippen molar-refractivity contribution >= 4 is 5.91 Å². The van der Waals surface area contributed by atoms with Crippen LogP contribution in [0.3, 0.4) is 0 Å². The molecule has 4 fully saturated rings. The molecule has 2 bridgehead atoms. The smallest absolute Gasteiger partial charge is 0.229 e. The third-order valence-electron chi connectivity index (χ3n) is 6.87. The summed E-state index contributed by atoms with van der Waals surface area (Å²) in [6.07, 6.45) is 1.58. The first-order chi connectivity index (χ1) is 13.9.